The van der Waals surface area contributed by atoms with E-state index in [-0.39, 0.29) is 21.8 Å². The van der Waals surface area contributed by atoms with Gasteiger partial charge in [-0.1, -0.05) is 45.9 Å². The molecule has 1 aliphatic rings. The lowest BCUT2D eigenvalue weighted by molar-refractivity contribution is 0.0478. The summed E-state index contributed by atoms with van der Waals surface area (Å²) in [5, 5.41) is 15.8. The van der Waals surface area contributed by atoms with Crippen LogP contribution in [-0.4, -0.2) is 43.8 Å². The highest BCUT2D eigenvalue weighted by atomic mass is 32.2. The number of rotatable bonds is 8. The molecule has 1 aromatic carbocycles. The molecular formula is C25H38N2O4SSi. The molecule has 8 heteroatoms. The van der Waals surface area contributed by atoms with E-state index in [0.29, 0.717) is 6.42 Å². The van der Waals surface area contributed by atoms with Gasteiger partial charge >= 0.3 is 0 Å². The summed E-state index contributed by atoms with van der Waals surface area (Å²) in [6.45, 7) is 12.3. The minimum absolute atomic E-state index is 0.196. The topological polar surface area (TPSA) is 81.4 Å². The molecule has 1 heterocycles. The van der Waals surface area contributed by atoms with Crippen LogP contribution in [0.1, 0.15) is 51.5 Å². The maximum Gasteiger partial charge on any atom is 0.204 e. The van der Waals surface area contributed by atoms with Crippen molar-refractivity contribution >= 4 is 18.2 Å². The third-order valence-electron chi connectivity index (χ3n) is 7.28. The molecule has 33 heavy (non-hydrogen) atoms. The summed E-state index contributed by atoms with van der Waals surface area (Å²) in [6, 6.07) is 12.8. The molecule has 182 valence electrons. The van der Waals surface area contributed by atoms with Gasteiger partial charge in [-0.2, -0.15) is 5.10 Å². The Morgan fingerprint density at radius 2 is 1.73 bits per heavy atom. The number of aryl methyl sites for hydroxylation is 2. The van der Waals surface area contributed by atoms with Crippen molar-refractivity contribution in [3.05, 3.63) is 58.8 Å². The van der Waals surface area contributed by atoms with Crippen LogP contribution in [0.2, 0.25) is 18.1 Å². The fourth-order valence-electron chi connectivity index (χ4n) is 4.86. The molecule has 1 aliphatic carbocycles. The van der Waals surface area contributed by atoms with Gasteiger partial charge in [0.05, 0.1) is 33.7 Å². The van der Waals surface area contributed by atoms with Gasteiger partial charge in [0.25, 0.3) is 0 Å². The van der Waals surface area contributed by atoms with Crippen LogP contribution in [0.5, 0.6) is 0 Å². The van der Waals surface area contributed by atoms with E-state index in [1.54, 1.807) is 35.0 Å². The van der Waals surface area contributed by atoms with Crippen molar-refractivity contribution in [2.75, 3.05) is 0 Å². The Hall–Kier alpha value is -1.74. The quantitative estimate of drug-likeness (QED) is 0.515. The average Bonchev–Trinajstić information content (AvgIpc) is 3.09. The SMILES string of the molecule is CC[Si](CC)(CC)O[C@@H]1C[C@@H](n2nc(C)cc2C)C(S(=O)(=O)c2ccccc2)=C[C@@H](O)[C@H]1C. The highest BCUT2D eigenvalue weighted by molar-refractivity contribution is 7.95. The van der Waals surface area contributed by atoms with Crippen molar-refractivity contribution in [3.63, 3.8) is 0 Å². The van der Waals surface area contributed by atoms with Crippen LogP contribution >= 0.6 is 0 Å². The molecule has 0 amide bonds. The van der Waals surface area contributed by atoms with Gasteiger partial charge in [-0.05, 0) is 62.7 Å². The maximum absolute atomic E-state index is 13.8. The van der Waals surface area contributed by atoms with E-state index in [4.69, 9.17) is 4.43 Å². The molecule has 3 rings (SSSR count). The molecule has 1 N–H and O–H groups in total. The van der Waals surface area contributed by atoms with E-state index < -0.39 is 30.3 Å². The Morgan fingerprint density at radius 3 is 2.24 bits per heavy atom. The predicted octanol–water partition coefficient (Wildman–Crippen LogP) is 5.19. The Labute approximate surface area is 199 Å². The molecule has 0 spiro atoms. The number of aliphatic hydroxyl groups is 1. The molecule has 0 bridgehead atoms. The molecule has 0 saturated carbocycles. The zero-order valence-corrected chi connectivity index (χ0v) is 22.5. The highest BCUT2D eigenvalue weighted by Crippen LogP contribution is 2.40. The van der Waals surface area contributed by atoms with Crippen molar-refractivity contribution in [2.45, 2.75) is 89.2 Å². The Bertz CT molecular complexity index is 1070. The molecule has 1 aromatic heterocycles. The zero-order chi connectivity index (χ0) is 24.4. The van der Waals surface area contributed by atoms with Gasteiger partial charge in [0.15, 0.2) is 8.32 Å². The third kappa shape index (κ3) is 5.19. The lowest BCUT2D eigenvalue weighted by Crippen LogP contribution is -2.44. The van der Waals surface area contributed by atoms with Crippen LogP contribution in [0.4, 0.5) is 0 Å². The summed E-state index contributed by atoms with van der Waals surface area (Å²) >= 11 is 0. The monoisotopic (exact) mass is 490 g/mol. The van der Waals surface area contributed by atoms with Crippen LogP contribution < -0.4 is 0 Å². The van der Waals surface area contributed by atoms with E-state index in [1.165, 1.54) is 6.08 Å². The number of hydrogen-bond donors (Lipinski definition) is 1. The van der Waals surface area contributed by atoms with E-state index in [0.717, 1.165) is 29.5 Å². The highest BCUT2D eigenvalue weighted by Gasteiger charge is 2.42. The van der Waals surface area contributed by atoms with Crippen LogP contribution in [-0.2, 0) is 14.3 Å². The molecule has 0 radical (unpaired) electrons. The summed E-state index contributed by atoms with van der Waals surface area (Å²) < 4.78 is 36.3. The van der Waals surface area contributed by atoms with Gasteiger partial charge in [-0.15, -0.1) is 0 Å². The number of benzene rings is 1. The number of nitrogens with zero attached hydrogens (tertiary/aromatic N) is 2. The van der Waals surface area contributed by atoms with Crippen LogP contribution in [0.15, 0.2) is 52.3 Å². The second kappa shape index (κ2) is 10.3. The number of aromatic nitrogens is 2. The van der Waals surface area contributed by atoms with Gasteiger partial charge in [0.1, 0.15) is 0 Å². The molecule has 0 fully saturated rings. The Morgan fingerprint density at radius 1 is 1.12 bits per heavy atom. The van der Waals surface area contributed by atoms with Crippen LogP contribution in [0, 0.1) is 19.8 Å². The van der Waals surface area contributed by atoms with Gasteiger partial charge in [-0.25, -0.2) is 8.42 Å². The minimum Gasteiger partial charge on any atom is -0.413 e. The summed E-state index contributed by atoms with van der Waals surface area (Å²) in [4.78, 5) is 0.420. The van der Waals surface area contributed by atoms with Crippen molar-refractivity contribution in [1.82, 2.24) is 9.78 Å². The third-order valence-corrected chi connectivity index (χ3v) is 13.9. The van der Waals surface area contributed by atoms with Crippen molar-refractivity contribution in [2.24, 2.45) is 5.92 Å². The van der Waals surface area contributed by atoms with Crippen LogP contribution in [0.3, 0.4) is 0 Å². The average molecular weight is 491 g/mol. The summed E-state index contributed by atoms with van der Waals surface area (Å²) in [5.41, 5.74) is 1.72. The molecule has 0 aliphatic heterocycles. The molecule has 0 unspecified atom stereocenters. The number of sulfone groups is 1. The molecule has 2 aromatic rings. The van der Waals surface area contributed by atoms with E-state index in [1.807, 2.05) is 26.8 Å². The first-order valence-corrected chi connectivity index (χ1v) is 16.0. The first-order valence-electron chi connectivity index (χ1n) is 12.0. The van der Waals surface area contributed by atoms with Crippen LogP contribution in [0.25, 0.3) is 0 Å². The lowest BCUT2D eigenvalue weighted by Gasteiger charge is -2.37. The fraction of sp³-hybridized carbons (Fsp3) is 0.560. The maximum atomic E-state index is 13.8. The molecule has 4 atom stereocenters. The first kappa shape index (κ1) is 25.9. The normalized spacial score (nSPS) is 24.4. The van der Waals surface area contributed by atoms with Gasteiger partial charge in [-0.3, -0.25) is 4.68 Å². The molecule has 6 nitrogen and oxygen atoms in total. The van der Waals surface area contributed by atoms with E-state index in [9.17, 15) is 13.5 Å². The smallest absolute Gasteiger partial charge is 0.204 e. The summed E-state index contributed by atoms with van der Waals surface area (Å²) in [6.07, 6.45) is 0.792. The van der Waals surface area contributed by atoms with Crippen molar-refractivity contribution in [1.29, 1.82) is 0 Å². The lowest BCUT2D eigenvalue weighted by atomic mass is 9.97. The van der Waals surface area contributed by atoms with Gasteiger partial charge in [0.2, 0.25) is 9.84 Å². The summed E-state index contributed by atoms with van der Waals surface area (Å²) in [7, 11) is -5.82. The van der Waals surface area contributed by atoms with Gasteiger partial charge in [0, 0.05) is 11.6 Å². The van der Waals surface area contributed by atoms with E-state index >= 15 is 0 Å². The minimum atomic E-state index is -3.83. The largest absolute Gasteiger partial charge is 0.413 e. The number of aliphatic hydroxyl groups excluding tert-OH is 1. The standard InChI is InChI=1S/C25H38N2O4SSi/c1-7-33(8-2,9-3)31-24-16-22(27-19(5)15-18(4)26-27)25(17-23(28)20(24)6)32(29,30)21-13-11-10-12-14-21/h10-15,17,20,22-24,28H,7-9,16H2,1-6H3/t20-,22-,23-,24-/m1/s1. The van der Waals surface area contributed by atoms with Crippen molar-refractivity contribution < 1.29 is 18.0 Å². The predicted molar refractivity (Wildman–Crippen MR) is 134 cm³/mol. The Kier molecular flexibility index (Phi) is 8.04. The molecule has 0 saturated heterocycles. The summed E-state index contributed by atoms with van der Waals surface area (Å²) in [5.74, 6) is -0.232. The number of allylic oxidation sites excluding steroid dienone is 1. The number of hydrogen-bond acceptors (Lipinski definition) is 5. The Balaban J connectivity index is 2.15. The molecular weight excluding hydrogens is 452 g/mol. The second-order valence-electron chi connectivity index (χ2n) is 9.26. The zero-order valence-electron chi connectivity index (χ0n) is 20.7. The van der Waals surface area contributed by atoms with E-state index in [2.05, 4.69) is 25.9 Å². The second-order valence-corrected chi connectivity index (χ2v) is 15.9. The fourth-order valence-corrected chi connectivity index (χ4v) is 9.48. The first-order chi connectivity index (χ1) is 15.6. The van der Waals surface area contributed by atoms with Crippen molar-refractivity contribution in [3.8, 4) is 0 Å². The van der Waals surface area contributed by atoms with Gasteiger partial charge < -0.3 is 9.53 Å².